The van der Waals surface area contributed by atoms with E-state index in [1.165, 1.54) is 5.69 Å². The molecular weight excluding hydrogens is 186 g/mol. The topological polar surface area (TPSA) is 43.8 Å². The normalized spacial score (nSPS) is 15.3. The van der Waals surface area contributed by atoms with E-state index in [0.717, 1.165) is 31.6 Å². The number of rotatable bonds is 5. The third-order valence-corrected chi connectivity index (χ3v) is 3.24. The van der Waals surface area contributed by atoms with Crippen LogP contribution in [0.25, 0.3) is 0 Å². The summed E-state index contributed by atoms with van der Waals surface area (Å²) in [6.07, 6.45) is 2.13. The molecule has 0 aliphatic carbocycles. The average Bonchev–Trinajstić information content (AvgIpc) is 2.58. The number of nitrogens with zero attached hydrogens (tertiary/aromatic N) is 2. The first-order chi connectivity index (χ1) is 7.04. The quantitative estimate of drug-likeness (QED) is 0.807. The third kappa shape index (κ3) is 2.81. The summed E-state index contributed by atoms with van der Waals surface area (Å²) in [5.41, 5.74) is 8.45. The van der Waals surface area contributed by atoms with E-state index in [2.05, 4.69) is 36.6 Å². The number of nitrogens with two attached hydrogens (primary N) is 1. The van der Waals surface area contributed by atoms with Crippen molar-refractivity contribution in [2.45, 2.75) is 47.1 Å². The van der Waals surface area contributed by atoms with E-state index < -0.39 is 0 Å². The maximum Gasteiger partial charge on any atom is 0.0596 e. The largest absolute Gasteiger partial charge is 0.330 e. The number of hydrogen-bond acceptors (Lipinski definition) is 2. The summed E-state index contributed by atoms with van der Waals surface area (Å²) in [6, 6.07) is 2.17. The zero-order valence-corrected chi connectivity index (χ0v) is 10.4. The van der Waals surface area contributed by atoms with Gasteiger partial charge in [-0.2, -0.15) is 5.10 Å². The van der Waals surface area contributed by atoms with Gasteiger partial charge in [-0.1, -0.05) is 13.8 Å². The van der Waals surface area contributed by atoms with Crippen LogP contribution in [0.1, 0.15) is 38.6 Å². The Morgan fingerprint density at radius 2 is 2.13 bits per heavy atom. The lowest BCUT2D eigenvalue weighted by Gasteiger charge is -2.26. The Balaban J connectivity index is 2.87. The molecule has 0 aliphatic heterocycles. The lowest BCUT2D eigenvalue weighted by Crippen LogP contribution is -2.29. The molecule has 0 amide bonds. The molecule has 15 heavy (non-hydrogen) atoms. The highest BCUT2D eigenvalue weighted by molar-refractivity contribution is 5.11. The second kappa shape index (κ2) is 4.79. The Morgan fingerprint density at radius 3 is 2.60 bits per heavy atom. The van der Waals surface area contributed by atoms with Crippen molar-refractivity contribution in [2.75, 3.05) is 6.54 Å². The van der Waals surface area contributed by atoms with Crippen LogP contribution in [0, 0.1) is 12.3 Å². The Labute approximate surface area is 92.7 Å². The summed E-state index contributed by atoms with van der Waals surface area (Å²) in [5, 5.41) is 4.46. The molecule has 0 aliphatic rings. The van der Waals surface area contributed by atoms with E-state index in [0.29, 0.717) is 0 Å². The van der Waals surface area contributed by atoms with Crippen molar-refractivity contribution < 1.29 is 0 Å². The molecule has 1 aromatic heterocycles. The van der Waals surface area contributed by atoms with Crippen molar-refractivity contribution in [3.05, 3.63) is 17.5 Å². The Morgan fingerprint density at radius 1 is 1.47 bits per heavy atom. The van der Waals surface area contributed by atoms with Gasteiger partial charge in [0.25, 0.3) is 0 Å². The van der Waals surface area contributed by atoms with E-state index in [-0.39, 0.29) is 5.41 Å². The SMILES string of the molecule is CCn1nc(C)cc1CC(C)(CC)CN. The molecule has 0 bridgehead atoms. The first-order valence-electron chi connectivity index (χ1n) is 5.78. The maximum atomic E-state index is 5.83. The minimum absolute atomic E-state index is 0.208. The smallest absolute Gasteiger partial charge is 0.0596 e. The standard InChI is InChI=1S/C12H23N3/c1-5-12(4,9-13)8-11-7-10(3)14-15(11)6-2/h7H,5-6,8-9,13H2,1-4H3. The van der Waals surface area contributed by atoms with E-state index in [9.17, 15) is 0 Å². The molecule has 0 radical (unpaired) electrons. The van der Waals surface area contributed by atoms with Gasteiger partial charge in [0, 0.05) is 12.2 Å². The molecule has 1 aromatic rings. The minimum atomic E-state index is 0.208. The van der Waals surface area contributed by atoms with Crippen molar-refractivity contribution in [1.82, 2.24) is 9.78 Å². The summed E-state index contributed by atoms with van der Waals surface area (Å²) in [4.78, 5) is 0. The molecule has 0 spiro atoms. The van der Waals surface area contributed by atoms with Crippen LogP contribution in [0.15, 0.2) is 6.07 Å². The van der Waals surface area contributed by atoms with Crippen LogP contribution in [0.4, 0.5) is 0 Å². The summed E-state index contributed by atoms with van der Waals surface area (Å²) in [5.74, 6) is 0. The van der Waals surface area contributed by atoms with Gasteiger partial charge in [-0.3, -0.25) is 4.68 Å². The van der Waals surface area contributed by atoms with Gasteiger partial charge < -0.3 is 5.73 Å². The summed E-state index contributed by atoms with van der Waals surface area (Å²) in [6.45, 7) is 10.3. The zero-order valence-electron chi connectivity index (χ0n) is 10.4. The first kappa shape index (κ1) is 12.2. The molecule has 2 N–H and O–H groups in total. The van der Waals surface area contributed by atoms with Crippen LogP contribution in [0.2, 0.25) is 0 Å². The van der Waals surface area contributed by atoms with Crippen LogP contribution >= 0.6 is 0 Å². The van der Waals surface area contributed by atoms with Gasteiger partial charge in [-0.15, -0.1) is 0 Å². The second-order valence-electron chi connectivity index (χ2n) is 4.64. The van der Waals surface area contributed by atoms with Gasteiger partial charge in [-0.05, 0) is 44.7 Å². The fraction of sp³-hybridized carbons (Fsp3) is 0.750. The van der Waals surface area contributed by atoms with Gasteiger partial charge in [-0.25, -0.2) is 0 Å². The molecule has 0 saturated carbocycles. The molecule has 1 atom stereocenters. The number of hydrogen-bond donors (Lipinski definition) is 1. The first-order valence-corrected chi connectivity index (χ1v) is 5.78. The lowest BCUT2D eigenvalue weighted by molar-refractivity contribution is 0.311. The van der Waals surface area contributed by atoms with Crippen molar-refractivity contribution in [3.8, 4) is 0 Å². The summed E-state index contributed by atoms with van der Waals surface area (Å²) in [7, 11) is 0. The van der Waals surface area contributed by atoms with Gasteiger partial charge in [0.2, 0.25) is 0 Å². The van der Waals surface area contributed by atoms with Crippen LogP contribution in [-0.4, -0.2) is 16.3 Å². The molecule has 0 fully saturated rings. The molecule has 3 heteroatoms. The fourth-order valence-corrected chi connectivity index (χ4v) is 1.79. The Kier molecular flexibility index (Phi) is 3.91. The predicted molar refractivity (Wildman–Crippen MR) is 63.8 cm³/mol. The Bertz CT molecular complexity index is 311. The molecule has 1 rings (SSSR count). The second-order valence-corrected chi connectivity index (χ2v) is 4.64. The molecule has 1 heterocycles. The molecule has 0 aromatic carbocycles. The van der Waals surface area contributed by atoms with Crippen LogP contribution in [0.3, 0.4) is 0 Å². The lowest BCUT2D eigenvalue weighted by atomic mass is 9.83. The van der Waals surface area contributed by atoms with Crippen LogP contribution in [-0.2, 0) is 13.0 Å². The average molecular weight is 209 g/mol. The third-order valence-electron chi connectivity index (χ3n) is 3.24. The molecule has 0 saturated heterocycles. The van der Waals surface area contributed by atoms with E-state index >= 15 is 0 Å². The van der Waals surface area contributed by atoms with Gasteiger partial charge in [0.1, 0.15) is 0 Å². The predicted octanol–water partition coefficient (Wildman–Crippen LogP) is 2.13. The van der Waals surface area contributed by atoms with Crippen LogP contribution < -0.4 is 5.73 Å². The minimum Gasteiger partial charge on any atom is -0.330 e. The maximum absolute atomic E-state index is 5.83. The number of aryl methyl sites for hydroxylation is 2. The summed E-state index contributed by atoms with van der Waals surface area (Å²) < 4.78 is 2.08. The van der Waals surface area contributed by atoms with Gasteiger partial charge in [0.15, 0.2) is 0 Å². The molecule has 3 nitrogen and oxygen atoms in total. The highest BCUT2D eigenvalue weighted by Gasteiger charge is 2.22. The molecular formula is C12H23N3. The van der Waals surface area contributed by atoms with E-state index in [1.54, 1.807) is 0 Å². The summed E-state index contributed by atoms with van der Waals surface area (Å²) >= 11 is 0. The highest BCUT2D eigenvalue weighted by atomic mass is 15.3. The Hall–Kier alpha value is -0.830. The van der Waals surface area contributed by atoms with Crippen LogP contribution in [0.5, 0.6) is 0 Å². The number of aromatic nitrogens is 2. The molecule has 1 unspecified atom stereocenters. The van der Waals surface area contributed by atoms with Gasteiger partial charge in [0.05, 0.1) is 5.69 Å². The van der Waals surface area contributed by atoms with Gasteiger partial charge >= 0.3 is 0 Å². The highest BCUT2D eigenvalue weighted by Crippen LogP contribution is 2.25. The van der Waals surface area contributed by atoms with Crippen molar-refractivity contribution in [3.63, 3.8) is 0 Å². The van der Waals surface area contributed by atoms with E-state index in [1.807, 2.05) is 6.92 Å². The fourth-order valence-electron chi connectivity index (χ4n) is 1.79. The monoisotopic (exact) mass is 209 g/mol. The van der Waals surface area contributed by atoms with E-state index in [4.69, 9.17) is 5.73 Å². The zero-order chi connectivity index (χ0) is 11.5. The molecule has 86 valence electrons. The van der Waals surface area contributed by atoms with Crippen molar-refractivity contribution in [2.24, 2.45) is 11.1 Å². The van der Waals surface area contributed by atoms with Crippen molar-refractivity contribution in [1.29, 1.82) is 0 Å². The van der Waals surface area contributed by atoms with Crippen molar-refractivity contribution >= 4 is 0 Å².